The maximum absolute atomic E-state index is 12.4. The van der Waals surface area contributed by atoms with E-state index in [-0.39, 0.29) is 23.6 Å². The second-order valence-electron chi connectivity index (χ2n) is 5.36. The zero-order chi connectivity index (χ0) is 17.7. The van der Waals surface area contributed by atoms with E-state index in [9.17, 15) is 8.42 Å². The first kappa shape index (κ1) is 18.7. The predicted molar refractivity (Wildman–Crippen MR) is 94.8 cm³/mol. The van der Waals surface area contributed by atoms with E-state index in [2.05, 4.69) is 30.8 Å². The van der Waals surface area contributed by atoms with Gasteiger partial charge in [0.15, 0.2) is 5.76 Å². The smallest absolute Gasteiger partial charge is 0.267 e. The molecule has 2 aromatic rings. The van der Waals surface area contributed by atoms with Gasteiger partial charge in [0.05, 0.1) is 12.8 Å². The molecule has 0 radical (unpaired) electrons. The number of anilines is 1. The summed E-state index contributed by atoms with van der Waals surface area (Å²) in [5, 5.41) is 3.49. The van der Waals surface area contributed by atoms with Crippen LogP contribution in [0.4, 0.5) is 5.69 Å². The van der Waals surface area contributed by atoms with E-state index < -0.39 is 10.0 Å². The molecule has 0 fully saturated rings. The van der Waals surface area contributed by atoms with Gasteiger partial charge in [0.1, 0.15) is 10.6 Å². The van der Waals surface area contributed by atoms with Crippen molar-refractivity contribution in [2.45, 2.75) is 18.2 Å². The molecule has 0 aliphatic rings. The number of aryl methyl sites for hydroxylation is 1. The molecular formula is C14H21BrN4O4S. The minimum Gasteiger partial charge on any atom is -0.476 e. The molecular weight excluding hydrogens is 400 g/mol. The SMILES string of the molecule is Cc1oncc1S(=O)(=O)Nc1cc(Br)cnc1OCCCN(C)C.[HH]. The fourth-order valence-electron chi connectivity index (χ4n) is 1.91. The second kappa shape index (κ2) is 7.95. The third-order valence-electron chi connectivity index (χ3n) is 3.05. The number of aromatic nitrogens is 2. The first-order valence-electron chi connectivity index (χ1n) is 7.17. The second-order valence-corrected chi connectivity index (χ2v) is 7.93. The van der Waals surface area contributed by atoms with Gasteiger partial charge in [-0.05, 0) is 49.4 Å². The lowest BCUT2D eigenvalue weighted by Crippen LogP contribution is -2.17. The van der Waals surface area contributed by atoms with Gasteiger partial charge >= 0.3 is 0 Å². The summed E-state index contributed by atoms with van der Waals surface area (Å²) in [4.78, 5) is 6.15. The number of sulfonamides is 1. The van der Waals surface area contributed by atoms with Crippen LogP contribution in [0.5, 0.6) is 5.88 Å². The molecule has 0 unspecified atom stereocenters. The highest BCUT2D eigenvalue weighted by atomic mass is 79.9. The molecule has 24 heavy (non-hydrogen) atoms. The summed E-state index contributed by atoms with van der Waals surface area (Å²) in [5.41, 5.74) is 0.245. The molecule has 10 heteroatoms. The minimum absolute atomic E-state index is 0. The van der Waals surface area contributed by atoms with Crippen molar-refractivity contribution in [3.8, 4) is 5.88 Å². The highest BCUT2D eigenvalue weighted by Gasteiger charge is 2.22. The van der Waals surface area contributed by atoms with Crippen molar-refractivity contribution in [1.29, 1.82) is 0 Å². The topological polar surface area (TPSA) is 97.6 Å². The molecule has 0 saturated carbocycles. The van der Waals surface area contributed by atoms with Crippen molar-refractivity contribution in [2.75, 3.05) is 32.0 Å². The summed E-state index contributed by atoms with van der Waals surface area (Å²) in [6, 6.07) is 1.59. The standard InChI is InChI=1S/C14H19BrN4O4S.H2/c1-10-13(9-17-23-10)24(20,21)18-12-7-11(15)8-16-14(12)22-6-4-5-19(2)3;/h7-9,18H,4-6H2,1-3H3;1H. The number of halogens is 1. The normalized spacial score (nSPS) is 11.7. The first-order chi connectivity index (χ1) is 11.3. The number of nitrogens with zero attached hydrogens (tertiary/aromatic N) is 3. The Balaban J connectivity index is 0.00000312. The fourth-order valence-corrected chi connectivity index (χ4v) is 3.39. The van der Waals surface area contributed by atoms with Crippen molar-refractivity contribution in [3.05, 3.63) is 28.7 Å². The van der Waals surface area contributed by atoms with Crippen LogP contribution in [0.2, 0.25) is 0 Å². The molecule has 0 saturated heterocycles. The Morgan fingerprint density at radius 2 is 2.17 bits per heavy atom. The molecule has 0 spiro atoms. The van der Waals surface area contributed by atoms with Crippen molar-refractivity contribution >= 4 is 31.6 Å². The van der Waals surface area contributed by atoms with Crippen LogP contribution in [0.1, 0.15) is 13.6 Å². The first-order valence-corrected chi connectivity index (χ1v) is 9.44. The largest absolute Gasteiger partial charge is 0.476 e. The maximum atomic E-state index is 12.4. The molecule has 0 aliphatic carbocycles. The minimum atomic E-state index is -3.84. The van der Waals surface area contributed by atoms with Gasteiger partial charge in [-0.1, -0.05) is 5.16 Å². The summed E-state index contributed by atoms with van der Waals surface area (Å²) in [6.45, 7) is 2.81. The molecule has 0 bridgehead atoms. The summed E-state index contributed by atoms with van der Waals surface area (Å²) in [7, 11) is 0.103. The Hall–Kier alpha value is -1.65. The Bertz CT molecular complexity index is 798. The number of rotatable bonds is 8. The average Bonchev–Trinajstić information content (AvgIpc) is 2.92. The molecule has 134 valence electrons. The van der Waals surface area contributed by atoms with Gasteiger partial charge in [-0.3, -0.25) is 4.72 Å². The quantitative estimate of drug-likeness (QED) is 0.654. The number of hydrogen-bond acceptors (Lipinski definition) is 7. The van der Waals surface area contributed by atoms with Gasteiger partial charge < -0.3 is 14.2 Å². The number of nitrogens with one attached hydrogen (secondary N) is 1. The molecule has 1 N–H and O–H groups in total. The highest BCUT2D eigenvalue weighted by molar-refractivity contribution is 9.10. The van der Waals surface area contributed by atoms with Crippen LogP contribution in [0, 0.1) is 6.92 Å². The molecule has 8 nitrogen and oxygen atoms in total. The van der Waals surface area contributed by atoms with Crippen molar-refractivity contribution in [3.63, 3.8) is 0 Å². The van der Waals surface area contributed by atoms with E-state index in [1.54, 1.807) is 12.3 Å². The van der Waals surface area contributed by atoms with E-state index >= 15 is 0 Å². The monoisotopic (exact) mass is 420 g/mol. The van der Waals surface area contributed by atoms with Gasteiger partial charge in [0.2, 0.25) is 5.88 Å². The lowest BCUT2D eigenvalue weighted by atomic mass is 10.4. The third kappa shape index (κ3) is 4.92. The van der Waals surface area contributed by atoms with Gasteiger partial charge in [0.25, 0.3) is 10.0 Å². The molecule has 0 aliphatic heterocycles. The van der Waals surface area contributed by atoms with E-state index in [1.807, 2.05) is 19.0 Å². The van der Waals surface area contributed by atoms with Crippen LogP contribution in [0.15, 0.2) is 32.4 Å². The maximum Gasteiger partial charge on any atom is 0.267 e. The van der Waals surface area contributed by atoms with E-state index in [1.165, 1.54) is 6.92 Å². The van der Waals surface area contributed by atoms with Crippen molar-refractivity contribution in [1.82, 2.24) is 15.0 Å². The Labute approximate surface area is 150 Å². The van der Waals surface area contributed by atoms with E-state index in [0.717, 1.165) is 19.2 Å². The molecule has 0 amide bonds. The summed E-state index contributed by atoms with van der Waals surface area (Å²) in [6.07, 6.45) is 3.49. The molecule has 2 heterocycles. The van der Waals surface area contributed by atoms with Crippen LogP contribution >= 0.6 is 15.9 Å². The van der Waals surface area contributed by atoms with Crippen LogP contribution in [-0.4, -0.2) is 50.7 Å². The summed E-state index contributed by atoms with van der Waals surface area (Å²) in [5.74, 6) is 0.425. The van der Waals surface area contributed by atoms with Crippen LogP contribution in [-0.2, 0) is 10.0 Å². The Morgan fingerprint density at radius 3 is 2.79 bits per heavy atom. The van der Waals surface area contributed by atoms with Gasteiger partial charge in [0, 0.05) is 18.6 Å². The summed E-state index contributed by atoms with van der Waals surface area (Å²) >= 11 is 3.28. The Kier molecular flexibility index (Phi) is 6.19. The van der Waals surface area contributed by atoms with Crippen LogP contribution in [0.3, 0.4) is 0 Å². The van der Waals surface area contributed by atoms with Gasteiger partial charge in [-0.25, -0.2) is 13.4 Å². The summed E-state index contributed by atoms with van der Waals surface area (Å²) < 4.78 is 38.4. The predicted octanol–water partition coefficient (Wildman–Crippen LogP) is 2.52. The third-order valence-corrected chi connectivity index (χ3v) is 4.94. The lowest BCUT2D eigenvalue weighted by molar-refractivity contribution is 0.274. The fraction of sp³-hybridized carbons (Fsp3) is 0.429. The van der Waals surface area contributed by atoms with Gasteiger partial charge in [-0.15, -0.1) is 0 Å². The number of pyridine rings is 1. The highest BCUT2D eigenvalue weighted by Crippen LogP contribution is 2.28. The zero-order valence-electron chi connectivity index (χ0n) is 13.6. The number of ether oxygens (including phenoxy) is 1. The molecule has 2 rings (SSSR count). The lowest BCUT2D eigenvalue weighted by Gasteiger charge is -2.13. The van der Waals surface area contributed by atoms with Crippen molar-refractivity contribution in [2.24, 2.45) is 0 Å². The van der Waals surface area contributed by atoms with E-state index in [4.69, 9.17) is 9.26 Å². The molecule has 0 atom stereocenters. The average molecular weight is 421 g/mol. The van der Waals surface area contributed by atoms with Crippen molar-refractivity contribution < 1.29 is 19.1 Å². The zero-order valence-corrected chi connectivity index (χ0v) is 16.0. The van der Waals surface area contributed by atoms with Gasteiger partial charge in [-0.2, -0.15) is 0 Å². The van der Waals surface area contributed by atoms with Crippen LogP contribution < -0.4 is 9.46 Å². The number of hydrogen-bond donors (Lipinski definition) is 1. The Morgan fingerprint density at radius 1 is 1.42 bits per heavy atom. The van der Waals surface area contributed by atoms with E-state index in [0.29, 0.717) is 11.1 Å². The molecule has 0 aromatic carbocycles. The molecule has 2 aromatic heterocycles. The van der Waals surface area contributed by atoms with Crippen LogP contribution in [0.25, 0.3) is 0 Å².